The van der Waals surface area contributed by atoms with Crippen molar-refractivity contribution in [1.29, 1.82) is 0 Å². The zero-order valence-corrected chi connectivity index (χ0v) is 19.4. The first-order valence-electron chi connectivity index (χ1n) is 11.9. The number of nitrogen functional groups attached to an aromatic ring is 1. The van der Waals surface area contributed by atoms with E-state index in [1.165, 1.54) is 11.0 Å². The number of benzene rings is 1. The van der Waals surface area contributed by atoms with Crippen LogP contribution in [0.1, 0.15) is 12.8 Å². The van der Waals surface area contributed by atoms with Crippen LogP contribution in [0.5, 0.6) is 0 Å². The number of hydrogen-bond acceptors (Lipinski definition) is 10. The molecule has 12 nitrogen and oxygen atoms in total. The van der Waals surface area contributed by atoms with Crippen LogP contribution < -0.4 is 20.9 Å². The third-order valence-corrected chi connectivity index (χ3v) is 6.81. The van der Waals surface area contributed by atoms with E-state index >= 15 is 0 Å². The lowest BCUT2D eigenvalue weighted by atomic mass is 10.1. The van der Waals surface area contributed by atoms with Gasteiger partial charge in [0.2, 0.25) is 17.8 Å². The number of nitrogens with zero attached hydrogens (tertiary/aromatic N) is 8. The van der Waals surface area contributed by atoms with Crippen molar-refractivity contribution in [2.24, 2.45) is 0 Å². The van der Waals surface area contributed by atoms with Gasteiger partial charge in [-0.15, -0.1) is 5.10 Å². The minimum atomic E-state index is 0.230. The number of nitrogens with one attached hydrogen (secondary N) is 1. The van der Waals surface area contributed by atoms with E-state index in [4.69, 9.17) is 10.5 Å². The van der Waals surface area contributed by atoms with Gasteiger partial charge in [-0.3, -0.25) is 4.79 Å². The third-order valence-electron chi connectivity index (χ3n) is 6.81. The Bertz CT molecular complexity index is 1210. The summed E-state index contributed by atoms with van der Waals surface area (Å²) >= 11 is 0. The van der Waals surface area contributed by atoms with Crippen molar-refractivity contribution < 1.29 is 9.53 Å². The van der Waals surface area contributed by atoms with E-state index < -0.39 is 0 Å². The van der Waals surface area contributed by atoms with E-state index in [1.807, 2.05) is 23.1 Å². The SMILES string of the molecule is Nc1nc(Nc2ccc(N3CCOCC3)cc2)nn1-c1cc(N2CCN3C(=O)CC[C@H]3C2)ncn1. The number of ether oxygens (including phenoxy) is 1. The van der Waals surface area contributed by atoms with Crippen LogP contribution in [0, 0.1) is 0 Å². The summed E-state index contributed by atoms with van der Waals surface area (Å²) in [6, 6.07) is 10.2. The maximum atomic E-state index is 12.0. The first-order valence-corrected chi connectivity index (χ1v) is 11.9. The average molecular weight is 477 g/mol. The molecule has 0 saturated carbocycles. The molecule has 6 rings (SSSR count). The molecule has 2 aromatic heterocycles. The van der Waals surface area contributed by atoms with Crippen molar-refractivity contribution in [3.63, 3.8) is 0 Å². The number of carbonyl (C=O) groups is 1. The second-order valence-electron chi connectivity index (χ2n) is 8.94. The highest BCUT2D eigenvalue weighted by molar-refractivity contribution is 5.79. The summed E-state index contributed by atoms with van der Waals surface area (Å²) < 4.78 is 6.93. The fraction of sp³-hybridized carbons (Fsp3) is 0.435. The Morgan fingerprint density at radius 3 is 2.63 bits per heavy atom. The number of anilines is 5. The summed E-state index contributed by atoms with van der Waals surface area (Å²) in [5.41, 5.74) is 8.20. The Balaban J connectivity index is 1.16. The van der Waals surface area contributed by atoms with Crippen LogP contribution in [0.4, 0.5) is 29.1 Å². The topological polar surface area (TPSA) is 131 Å². The molecule has 0 aliphatic carbocycles. The van der Waals surface area contributed by atoms with Gasteiger partial charge < -0.3 is 30.5 Å². The molecule has 12 heteroatoms. The van der Waals surface area contributed by atoms with Crippen molar-refractivity contribution in [3.05, 3.63) is 36.7 Å². The fourth-order valence-corrected chi connectivity index (χ4v) is 4.95. The highest BCUT2D eigenvalue weighted by Crippen LogP contribution is 2.26. The van der Waals surface area contributed by atoms with Crippen LogP contribution in [-0.2, 0) is 9.53 Å². The summed E-state index contributed by atoms with van der Waals surface area (Å²) in [6.07, 6.45) is 3.04. The number of piperazine rings is 1. The molecule has 0 unspecified atom stereocenters. The smallest absolute Gasteiger partial charge is 0.248 e. The molecule has 3 aliphatic heterocycles. The minimum absolute atomic E-state index is 0.230. The summed E-state index contributed by atoms with van der Waals surface area (Å²) in [4.78, 5) is 31.6. The van der Waals surface area contributed by atoms with Crippen molar-refractivity contribution >= 4 is 35.0 Å². The molecular weight excluding hydrogens is 448 g/mol. The van der Waals surface area contributed by atoms with Gasteiger partial charge in [0.1, 0.15) is 12.1 Å². The lowest BCUT2D eigenvalue weighted by molar-refractivity contribution is -0.129. The maximum absolute atomic E-state index is 12.0. The van der Waals surface area contributed by atoms with Gasteiger partial charge in [-0.2, -0.15) is 9.67 Å². The Morgan fingerprint density at radius 2 is 1.80 bits per heavy atom. The molecule has 3 aromatic rings. The first-order chi connectivity index (χ1) is 17.1. The zero-order chi connectivity index (χ0) is 23.8. The molecule has 0 spiro atoms. The lowest BCUT2D eigenvalue weighted by Crippen LogP contribution is -2.51. The Morgan fingerprint density at radius 1 is 1.00 bits per heavy atom. The van der Waals surface area contributed by atoms with Gasteiger partial charge in [-0.1, -0.05) is 0 Å². The Hall–Kier alpha value is -3.93. The van der Waals surface area contributed by atoms with Gasteiger partial charge in [0.25, 0.3) is 0 Å². The average Bonchev–Trinajstić information content (AvgIpc) is 3.46. The van der Waals surface area contributed by atoms with Crippen LogP contribution in [-0.4, -0.2) is 87.5 Å². The maximum Gasteiger partial charge on any atom is 0.248 e. The highest BCUT2D eigenvalue weighted by Gasteiger charge is 2.36. The van der Waals surface area contributed by atoms with Crippen molar-refractivity contribution in [2.75, 3.05) is 66.8 Å². The van der Waals surface area contributed by atoms with Gasteiger partial charge in [0.05, 0.1) is 13.2 Å². The molecule has 5 heterocycles. The number of hydrogen-bond donors (Lipinski definition) is 2. The predicted octanol–water partition coefficient (Wildman–Crippen LogP) is 1.03. The van der Waals surface area contributed by atoms with E-state index in [9.17, 15) is 4.79 Å². The Labute approximate surface area is 202 Å². The number of amides is 1. The predicted molar refractivity (Wildman–Crippen MR) is 131 cm³/mol. The minimum Gasteiger partial charge on any atom is -0.378 e. The first kappa shape index (κ1) is 21.6. The molecule has 3 aliphatic rings. The molecule has 0 radical (unpaired) electrons. The molecule has 3 fully saturated rings. The van der Waals surface area contributed by atoms with Gasteiger partial charge in [-0.25, -0.2) is 9.97 Å². The molecule has 1 amide bonds. The van der Waals surface area contributed by atoms with Gasteiger partial charge in [0.15, 0.2) is 5.82 Å². The second-order valence-corrected chi connectivity index (χ2v) is 8.94. The molecule has 3 N–H and O–H groups in total. The van der Waals surface area contributed by atoms with Gasteiger partial charge >= 0.3 is 0 Å². The highest BCUT2D eigenvalue weighted by atomic mass is 16.5. The number of carbonyl (C=O) groups excluding carboxylic acids is 1. The number of rotatable bonds is 5. The monoisotopic (exact) mass is 476 g/mol. The fourth-order valence-electron chi connectivity index (χ4n) is 4.95. The molecular formula is C23H28N10O2. The van der Waals surface area contributed by atoms with Crippen molar-refractivity contribution in [2.45, 2.75) is 18.9 Å². The summed E-state index contributed by atoms with van der Waals surface area (Å²) in [7, 11) is 0. The largest absolute Gasteiger partial charge is 0.378 e. The van der Waals surface area contributed by atoms with Crippen molar-refractivity contribution in [3.8, 4) is 5.82 Å². The number of fused-ring (bicyclic) bond motifs is 1. The molecule has 1 aromatic carbocycles. The lowest BCUT2D eigenvalue weighted by Gasteiger charge is -2.38. The van der Waals surface area contributed by atoms with Crippen LogP contribution in [0.2, 0.25) is 0 Å². The van der Waals surface area contributed by atoms with E-state index in [0.29, 0.717) is 24.7 Å². The summed E-state index contributed by atoms with van der Waals surface area (Å²) in [5.74, 6) is 2.20. The molecule has 35 heavy (non-hydrogen) atoms. The van der Waals surface area contributed by atoms with E-state index in [-0.39, 0.29) is 17.9 Å². The van der Waals surface area contributed by atoms with Crippen LogP contribution in [0.3, 0.4) is 0 Å². The molecule has 182 valence electrons. The standard InChI is InChI=1S/C23H28N10O2/c24-22-28-23(27-16-1-3-17(4-2-16)30-9-11-35-12-10-30)29-33(22)20-13-19(25-15-26-20)31-7-8-32-18(14-31)5-6-21(32)34/h1-4,13,15,18H,5-12,14H2,(H3,24,27,28,29)/t18-/m0/s1. The second kappa shape index (κ2) is 9.02. The number of nitrogens with two attached hydrogens (primary N) is 1. The van der Waals surface area contributed by atoms with Crippen LogP contribution >= 0.6 is 0 Å². The molecule has 3 saturated heterocycles. The van der Waals surface area contributed by atoms with Gasteiger partial charge in [0, 0.05) is 62.6 Å². The van der Waals surface area contributed by atoms with E-state index in [0.717, 1.165) is 63.0 Å². The normalized spacial score (nSPS) is 20.3. The summed E-state index contributed by atoms with van der Waals surface area (Å²) in [6.45, 7) is 5.51. The number of morpholine rings is 1. The van der Waals surface area contributed by atoms with Crippen LogP contribution in [0.25, 0.3) is 5.82 Å². The van der Waals surface area contributed by atoms with E-state index in [1.54, 1.807) is 0 Å². The molecule has 0 bridgehead atoms. The summed E-state index contributed by atoms with van der Waals surface area (Å²) in [5, 5.41) is 7.73. The number of aromatic nitrogens is 5. The van der Waals surface area contributed by atoms with Crippen molar-refractivity contribution in [1.82, 2.24) is 29.6 Å². The Kier molecular flexibility index (Phi) is 5.57. The quantitative estimate of drug-likeness (QED) is 0.550. The van der Waals surface area contributed by atoms with E-state index in [2.05, 4.69) is 47.3 Å². The zero-order valence-electron chi connectivity index (χ0n) is 19.4. The van der Waals surface area contributed by atoms with Gasteiger partial charge in [-0.05, 0) is 30.7 Å². The third kappa shape index (κ3) is 4.32. The molecule has 1 atom stereocenters. The van der Waals surface area contributed by atoms with Crippen LogP contribution in [0.15, 0.2) is 36.7 Å².